The van der Waals surface area contributed by atoms with Crippen molar-refractivity contribution in [2.75, 3.05) is 94.2 Å². The van der Waals surface area contributed by atoms with Crippen LogP contribution in [0.5, 0.6) is 17.2 Å². The SMILES string of the molecule is CCOP(C)(=O)c1cc(C#Cc2ccc(OC)cc2)cc(CN2C[C@H](CCCCNC(=O)OC(C)(C)C)N(Cc3cc(C#Cc4ccc(OCC(=O)OC)cc4)cc(P(C)(=O)OCC)n3)CN(Cc3cc(C#Cc4ccc(OC)cc4)cc(P(C)(=O)OCC)n3)C2)n1. The molecule has 0 radical (unpaired) electrons. The van der Waals surface area contributed by atoms with Gasteiger partial charge in [-0.2, -0.15) is 0 Å². The number of pyridine rings is 3. The summed E-state index contributed by atoms with van der Waals surface area (Å²) in [6.07, 6.45) is 1.46. The third kappa shape index (κ3) is 22.6. The van der Waals surface area contributed by atoms with Gasteiger partial charge in [0.2, 0.25) is 22.1 Å². The fraction of sp³-hybridized carbons (Fsp3) is 0.406. The lowest BCUT2D eigenvalue weighted by Crippen LogP contribution is -2.42. The number of hydrogen-bond acceptors (Lipinski definition) is 19. The number of nitrogens with zero attached hydrogens (tertiary/aromatic N) is 6. The summed E-state index contributed by atoms with van der Waals surface area (Å²) in [7, 11) is -5.86. The molecule has 0 saturated carbocycles. The molecule has 1 aliphatic rings. The van der Waals surface area contributed by atoms with Crippen LogP contribution in [0.25, 0.3) is 0 Å². The summed E-state index contributed by atoms with van der Waals surface area (Å²) in [4.78, 5) is 46.6. The van der Waals surface area contributed by atoms with Crippen LogP contribution in [0.15, 0.2) is 109 Å². The first-order valence-corrected chi connectivity index (χ1v) is 36.6. The molecule has 488 valence electrons. The van der Waals surface area contributed by atoms with Crippen molar-refractivity contribution >= 4 is 50.5 Å². The van der Waals surface area contributed by atoms with Gasteiger partial charge in [0.1, 0.15) is 39.2 Å². The van der Waals surface area contributed by atoms with Crippen molar-refractivity contribution in [2.45, 2.75) is 92.1 Å². The van der Waals surface area contributed by atoms with E-state index in [9.17, 15) is 23.3 Å². The average molecular weight is 1310 g/mol. The predicted molar refractivity (Wildman–Crippen MR) is 358 cm³/mol. The monoisotopic (exact) mass is 1310 g/mol. The number of alkyl carbamates (subject to hydrolysis) is 1. The number of ether oxygens (including phenoxy) is 5. The Morgan fingerprint density at radius 3 is 1.35 bits per heavy atom. The Kier molecular flexibility index (Phi) is 26.4. The van der Waals surface area contributed by atoms with Crippen molar-refractivity contribution in [3.63, 3.8) is 0 Å². The number of carbonyl (C=O) groups excluding carboxylic acids is 2. The summed E-state index contributed by atoms with van der Waals surface area (Å²) in [6, 6.07) is 32.5. The maximum atomic E-state index is 14.4. The van der Waals surface area contributed by atoms with Crippen molar-refractivity contribution in [1.82, 2.24) is 35.0 Å². The zero-order valence-corrected chi connectivity index (χ0v) is 57.4. The number of hydrogen-bond donors (Lipinski definition) is 1. The minimum atomic E-state index is -3.48. The van der Waals surface area contributed by atoms with Crippen LogP contribution in [0.3, 0.4) is 0 Å². The Labute approximate surface area is 542 Å². The topological polar surface area (TPSA) is 220 Å². The molecule has 1 fully saturated rings. The number of amides is 1. The highest BCUT2D eigenvalue weighted by atomic mass is 31.2. The van der Waals surface area contributed by atoms with Crippen LogP contribution in [0.4, 0.5) is 4.79 Å². The van der Waals surface area contributed by atoms with Crippen LogP contribution in [-0.2, 0) is 61.2 Å². The number of benzene rings is 3. The summed E-state index contributed by atoms with van der Waals surface area (Å²) in [5.41, 5.74) is 5.81. The average Bonchev–Trinajstić information content (AvgIpc) is 1.23. The molecule has 1 N–H and O–H groups in total. The van der Waals surface area contributed by atoms with E-state index >= 15 is 0 Å². The molecule has 0 spiro atoms. The molecular formula is C69H84N7O13P3. The lowest BCUT2D eigenvalue weighted by atomic mass is 10.1. The quantitative estimate of drug-likeness (QED) is 0.0244. The minimum Gasteiger partial charge on any atom is -0.497 e. The van der Waals surface area contributed by atoms with E-state index < -0.39 is 39.8 Å². The first-order chi connectivity index (χ1) is 43.9. The van der Waals surface area contributed by atoms with Crippen molar-refractivity contribution in [2.24, 2.45) is 0 Å². The molecule has 3 unspecified atom stereocenters. The Balaban J connectivity index is 1.35. The Morgan fingerprint density at radius 1 is 0.543 bits per heavy atom. The van der Waals surface area contributed by atoms with E-state index in [0.29, 0.717) is 102 Å². The van der Waals surface area contributed by atoms with Gasteiger partial charge >= 0.3 is 12.1 Å². The third-order valence-corrected chi connectivity index (χ3v) is 19.6. The predicted octanol–water partition coefficient (Wildman–Crippen LogP) is 10.1. The number of nitrogens with one attached hydrogen (secondary N) is 1. The van der Waals surface area contributed by atoms with Crippen LogP contribution in [-0.4, -0.2) is 148 Å². The van der Waals surface area contributed by atoms with Crippen LogP contribution < -0.4 is 35.8 Å². The number of rotatable bonds is 25. The van der Waals surface area contributed by atoms with Gasteiger partial charge in [-0.15, -0.1) is 0 Å². The molecule has 3 aromatic carbocycles. The van der Waals surface area contributed by atoms with Gasteiger partial charge in [-0.3, -0.25) is 28.4 Å². The normalized spacial score (nSPS) is 15.6. The molecule has 7 rings (SSSR count). The Morgan fingerprint density at radius 2 is 0.946 bits per heavy atom. The maximum Gasteiger partial charge on any atom is 0.407 e. The number of carbonyl (C=O) groups is 2. The van der Waals surface area contributed by atoms with E-state index in [1.54, 1.807) is 97.4 Å². The van der Waals surface area contributed by atoms with Crippen molar-refractivity contribution in [1.29, 1.82) is 0 Å². The van der Waals surface area contributed by atoms with E-state index in [1.807, 2.05) is 87.5 Å². The number of methoxy groups -OCH3 is 3. The molecule has 0 aliphatic carbocycles. The zero-order valence-electron chi connectivity index (χ0n) is 54.7. The fourth-order valence-electron chi connectivity index (χ4n) is 9.87. The molecule has 0 bridgehead atoms. The summed E-state index contributed by atoms with van der Waals surface area (Å²) in [6.45, 7) is 18.1. The third-order valence-electron chi connectivity index (χ3n) is 14.2. The van der Waals surface area contributed by atoms with E-state index in [0.717, 1.165) is 11.1 Å². The maximum absolute atomic E-state index is 14.4. The van der Waals surface area contributed by atoms with Gasteiger partial charge in [0.05, 0.1) is 71.6 Å². The van der Waals surface area contributed by atoms with Crippen LogP contribution in [0.1, 0.15) is 111 Å². The highest BCUT2D eigenvalue weighted by molar-refractivity contribution is 7.66. The highest BCUT2D eigenvalue weighted by Gasteiger charge is 2.32. The standard InChI is InChI=1S/C69H84N7O13P3/c1-13-86-90(10,79)64-41-54(22-19-51-25-31-61(82-7)32-26-51)38-57(71-64)44-74-47-60(18-16-17-37-70-68(78)89-69(4,5)6)76(46-59-40-56(43-66(73-59)92(12,81)88-15-3)24-21-53-29-35-63(36-30-53)85-48-67(77)84-9)50-75(49-74)45-58-39-55(42-65(72-58)91(11,80)87-14-2)23-20-52-27-33-62(83-8)34-28-52/h25-36,38-43,60H,13-18,37,44-50H2,1-12H3,(H,70,78)/t60-,90?,91?,92?/m0/s1. The second kappa shape index (κ2) is 33.8. The van der Waals surface area contributed by atoms with Gasteiger partial charge in [-0.25, -0.2) is 24.5 Å². The first-order valence-electron chi connectivity index (χ1n) is 30.4. The lowest BCUT2D eigenvalue weighted by Gasteiger charge is -2.32. The second-order valence-corrected chi connectivity index (χ2v) is 30.2. The van der Waals surface area contributed by atoms with Gasteiger partial charge in [0.25, 0.3) is 0 Å². The Hall–Kier alpha value is -7.62. The van der Waals surface area contributed by atoms with E-state index in [2.05, 4.69) is 55.5 Å². The van der Waals surface area contributed by atoms with Gasteiger partial charge < -0.3 is 42.6 Å². The lowest BCUT2D eigenvalue weighted by molar-refractivity contribution is -0.142. The molecule has 4 atom stereocenters. The summed E-state index contributed by atoms with van der Waals surface area (Å²) in [5, 5.41) is 2.91. The van der Waals surface area contributed by atoms with Crippen LogP contribution in [0.2, 0.25) is 0 Å². The largest absolute Gasteiger partial charge is 0.497 e. The first kappa shape index (κ1) is 71.8. The molecule has 1 saturated heterocycles. The summed E-state index contributed by atoms with van der Waals surface area (Å²) in [5.74, 6) is 21.0. The molecule has 6 aromatic rings. The van der Waals surface area contributed by atoms with E-state index in [-0.39, 0.29) is 68.4 Å². The van der Waals surface area contributed by atoms with Gasteiger partial charge in [0.15, 0.2) is 6.61 Å². The molecule has 23 heteroatoms. The summed E-state index contributed by atoms with van der Waals surface area (Å²) >= 11 is 0. The van der Waals surface area contributed by atoms with Crippen molar-refractivity contribution < 1.29 is 60.5 Å². The number of esters is 1. The zero-order chi connectivity index (χ0) is 66.5. The second-order valence-electron chi connectivity index (χ2n) is 23.0. The van der Waals surface area contributed by atoms with Crippen LogP contribution in [0, 0.1) is 35.5 Å². The summed E-state index contributed by atoms with van der Waals surface area (Å²) < 4.78 is 87.4. The molecule has 4 heterocycles. The molecular weight excluding hydrogens is 1230 g/mol. The van der Waals surface area contributed by atoms with E-state index in [4.69, 9.17) is 52.2 Å². The molecule has 20 nitrogen and oxygen atoms in total. The highest BCUT2D eigenvalue weighted by Crippen LogP contribution is 2.42. The van der Waals surface area contributed by atoms with Crippen molar-refractivity contribution in [3.8, 4) is 52.8 Å². The molecule has 3 aromatic heterocycles. The fourth-order valence-corrected chi connectivity index (χ4v) is 13.8. The van der Waals surface area contributed by atoms with Gasteiger partial charge in [0, 0.05) is 92.1 Å². The van der Waals surface area contributed by atoms with Gasteiger partial charge in [-0.1, -0.05) is 41.9 Å². The molecule has 92 heavy (non-hydrogen) atoms. The molecule has 1 aliphatic heterocycles. The number of unbranched alkanes of at least 4 members (excludes halogenated alkanes) is 1. The minimum absolute atomic E-state index is 0.185. The van der Waals surface area contributed by atoms with Crippen LogP contribution >= 0.6 is 22.1 Å². The smallest absolute Gasteiger partial charge is 0.407 e. The van der Waals surface area contributed by atoms with Crippen molar-refractivity contribution in [3.05, 3.63) is 160 Å². The Bertz CT molecular complexity index is 3850. The molecule has 1 amide bonds. The number of aromatic nitrogens is 3. The van der Waals surface area contributed by atoms with E-state index in [1.165, 1.54) is 7.11 Å². The van der Waals surface area contributed by atoms with Gasteiger partial charge in [-0.05, 0) is 164 Å².